The maximum Gasteiger partial charge on any atom is 0.425 e. The maximum absolute atomic E-state index is 13.2. The summed E-state index contributed by atoms with van der Waals surface area (Å²) in [4.78, 5) is 47.6. The number of imide groups is 1. The lowest BCUT2D eigenvalue weighted by molar-refractivity contribution is 0.0428. The van der Waals surface area contributed by atoms with Crippen molar-refractivity contribution in [3.8, 4) is 22.7 Å². The third-order valence-corrected chi connectivity index (χ3v) is 5.30. The van der Waals surface area contributed by atoms with Crippen LogP contribution in [0.3, 0.4) is 0 Å². The van der Waals surface area contributed by atoms with E-state index in [2.05, 4.69) is 36.4 Å². The molecule has 0 spiro atoms. The zero-order valence-corrected chi connectivity index (χ0v) is 22.8. The molecule has 37 heavy (non-hydrogen) atoms. The second-order valence-electron chi connectivity index (χ2n) is 10.3. The molecule has 0 bridgehead atoms. The van der Waals surface area contributed by atoms with E-state index in [1.54, 1.807) is 59.7 Å². The van der Waals surface area contributed by atoms with Gasteiger partial charge in [-0.05, 0) is 75.2 Å². The standard InChI is InChI=1S/C25H26BrN5O6/c1-24(2,3)35-22(33)31(23(34)36-25(4,5)6)20-19(29-18(26)12-27-20)17-10-16(30-37-17)13-7-8-15-14(9-13)11-28-21(15)32/h7-10,12H,11H2,1-6H3,(H,28,32). The molecule has 0 fully saturated rings. The molecule has 12 heteroatoms. The van der Waals surface area contributed by atoms with Crippen LogP contribution in [0.2, 0.25) is 0 Å². The molecule has 0 aliphatic carbocycles. The highest BCUT2D eigenvalue weighted by atomic mass is 79.9. The number of aromatic nitrogens is 3. The molecule has 1 aliphatic rings. The van der Waals surface area contributed by atoms with Crippen molar-refractivity contribution in [3.05, 3.63) is 46.2 Å². The molecule has 1 aliphatic heterocycles. The van der Waals surface area contributed by atoms with Crippen molar-refractivity contribution < 1.29 is 28.4 Å². The number of fused-ring (bicyclic) bond motifs is 1. The first-order chi connectivity index (χ1) is 17.2. The van der Waals surface area contributed by atoms with Crippen molar-refractivity contribution in [2.24, 2.45) is 0 Å². The van der Waals surface area contributed by atoms with Gasteiger partial charge in [0, 0.05) is 23.7 Å². The number of nitrogens with one attached hydrogen (secondary N) is 1. The van der Waals surface area contributed by atoms with E-state index in [0.29, 0.717) is 32.9 Å². The van der Waals surface area contributed by atoms with Crippen molar-refractivity contribution in [2.75, 3.05) is 4.90 Å². The number of amides is 3. The van der Waals surface area contributed by atoms with Gasteiger partial charge in [-0.25, -0.2) is 19.6 Å². The fourth-order valence-corrected chi connectivity index (χ4v) is 3.75. The number of hydrogen-bond donors (Lipinski definition) is 1. The monoisotopic (exact) mass is 571 g/mol. The summed E-state index contributed by atoms with van der Waals surface area (Å²) < 4.78 is 16.8. The summed E-state index contributed by atoms with van der Waals surface area (Å²) in [6.07, 6.45) is -0.646. The summed E-state index contributed by atoms with van der Waals surface area (Å²) in [5, 5.41) is 6.91. The highest BCUT2D eigenvalue weighted by Crippen LogP contribution is 2.34. The van der Waals surface area contributed by atoms with Crippen LogP contribution in [0.5, 0.6) is 0 Å². The van der Waals surface area contributed by atoms with Crippen molar-refractivity contribution in [1.82, 2.24) is 20.4 Å². The Morgan fingerprint density at radius 2 is 1.70 bits per heavy atom. The van der Waals surface area contributed by atoms with Crippen LogP contribution < -0.4 is 10.2 Å². The number of benzene rings is 1. The SMILES string of the molecule is CC(C)(C)OC(=O)N(C(=O)OC(C)(C)C)c1ncc(Br)nc1-c1cc(-c2ccc3c(c2)CNC3=O)no1. The van der Waals surface area contributed by atoms with Crippen molar-refractivity contribution in [2.45, 2.75) is 59.3 Å². The lowest BCUT2D eigenvalue weighted by Gasteiger charge is -2.28. The molecule has 1 aromatic carbocycles. The van der Waals surface area contributed by atoms with Crippen LogP contribution in [0.25, 0.3) is 22.7 Å². The predicted octanol–water partition coefficient (Wildman–Crippen LogP) is 5.48. The van der Waals surface area contributed by atoms with E-state index in [0.717, 1.165) is 5.56 Å². The van der Waals surface area contributed by atoms with Gasteiger partial charge in [0.25, 0.3) is 5.91 Å². The van der Waals surface area contributed by atoms with Gasteiger partial charge in [-0.2, -0.15) is 4.90 Å². The van der Waals surface area contributed by atoms with E-state index in [4.69, 9.17) is 14.0 Å². The van der Waals surface area contributed by atoms with Crippen molar-refractivity contribution >= 4 is 39.8 Å². The number of carbonyl (C=O) groups excluding carboxylic acids is 3. The zero-order valence-electron chi connectivity index (χ0n) is 21.2. The molecule has 11 nitrogen and oxygen atoms in total. The van der Waals surface area contributed by atoms with Gasteiger partial charge in [0.1, 0.15) is 21.5 Å². The first-order valence-corrected chi connectivity index (χ1v) is 12.2. The quantitative estimate of drug-likeness (QED) is 0.433. The highest BCUT2D eigenvalue weighted by molar-refractivity contribution is 9.10. The summed E-state index contributed by atoms with van der Waals surface area (Å²) in [6, 6.07) is 6.93. The molecule has 0 radical (unpaired) electrons. The Morgan fingerprint density at radius 1 is 1.05 bits per heavy atom. The minimum atomic E-state index is -0.991. The fraction of sp³-hybridized carbons (Fsp3) is 0.360. The summed E-state index contributed by atoms with van der Waals surface area (Å²) in [5.74, 6) is -0.135. The van der Waals surface area contributed by atoms with Gasteiger partial charge in [-0.1, -0.05) is 11.2 Å². The Kier molecular flexibility index (Phi) is 6.80. The Morgan fingerprint density at radius 3 is 2.32 bits per heavy atom. The lowest BCUT2D eigenvalue weighted by Crippen LogP contribution is -2.44. The summed E-state index contributed by atoms with van der Waals surface area (Å²) >= 11 is 3.28. The number of halogens is 1. The third kappa shape index (κ3) is 5.96. The smallest absolute Gasteiger partial charge is 0.425 e. The van der Waals surface area contributed by atoms with Gasteiger partial charge in [0.2, 0.25) is 0 Å². The molecule has 3 aromatic rings. The minimum Gasteiger partial charge on any atom is -0.443 e. The summed E-state index contributed by atoms with van der Waals surface area (Å²) in [6.45, 7) is 10.5. The number of carbonyl (C=O) groups is 3. The number of ether oxygens (including phenoxy) is 2. The Hall–Kier alpha value is -3.80. The van der Waals surface area contributed by atoms with Gasteiger partial charge in [-0.15, -0.1) is 0 Å². The molecular weight excluding hydrogens is 546 g/mol. The first kappa shape index (κ1) is 26.3. The predicted molar refractivity (Wildman–Crippen MR) is 137 cm³/mol. The Bertz CT molecular complexity index is 1360. The van der Waals surface area contributed by atoms with E-state index in [9.17, 15) is 14.4 Å². The van der Waals surface area contributed by atoms with Crippen LogP contribution in [-0.4, -0.2) is 44.4 Å². The fourth-order valence-electron chi connectivity index (χ4n) is 3.47. The highest BCUT2D eigenvalue weighted by Gasteiger charge is 2.36. The molecule has 194 valence electrons. The van der Waals surface area contributed by atoms with Crippen molar-refractivity contribution in [3.63, 3.8) is 0 Å². The van der Waals surface area contributed by atoms with Gasteiger partial charge < -0.3 is 19.3 Å². The van der Waals surface area contributed by atoms with E-state index in [-0.39, 0.29) is 23.2 Å². The average Bonchev–Trinajstić information content (AvgIpc) is 3.39. The van der Waals surface area contributed by atoms with E-state index < -0.39 is 23.4 Å². The Balaban J connectivity index is 1.77. The maximum atomic E-state index is 13.2. The Labute approximate surface area is 221 Å². The average molecular weight is 572 g/mol. The topological polar surface area (TPSA) is 137 Å². The van der Waals surface area contributed by atoms with Crippen LogP contribution >= 0.6 is 15.9 Å². The molecule has 4 rings (SSSR count). The van der Waals surface area contributed by atoms with Gasteiger partial charge >= 0.3 is 12.2 Å². The third-order valence-electron chi connectivity index (χ3n) is 4.92. The lowest BCUT2D eigenvalue weighted by atomic mass is 10.0. The first-order valence-electron chi connectivity index (χ1n) is 11.4. The van der Waals surface area contributed by atoms with Gasteiger partial charge in [-0.3, -0.25) is 4.79 Å². The summed E-state index contributed by atoms with van der Waals surface area (Å²) in [7, 11) is 0. The van der Waals surface area contributed by atoms with Crippen LogP contribution in [0.15, 0.2) is 39.6 Å². The normalized spacial score (nSPS) is 13.1. The number of anilines is 1. The largest absolute Gasteiger partial charge is 0.443 e. The van der Waals surface area contributed by atoms with Crippen molar-refractivity contribution in [1.29, 1.82) is 0 Å². The molecule has 0 saturated carbocycles. The van der Waals surface area contributed by atoms with E-state index in [1.165, 1.54) is 6.20 Å². The molecule has 1 N–H and O–H groups in total. The number of rotatable bonds is 3. The second-order valence-corrected chi connectivity index (χ2v) is 11.1. The molecule has 3 heterocycles. The van der Waals surface area contributed by atoms with Crippen LogP contribution in [0.4, 0.5) is 15.4 Å². The molecule has 0 saturated heterocycles. The zero-order chi connectivity index (χ0) is 27.1. The number of nitrogens with zero attached hydrogens (tertiary/aromatic N) is 4. The van der Waals surface area contributed by atoms with Crippen LogP contribution in [0.1, 0.15) is 57.5 Å². The molecular formula is C25H26BrN5O6. The van der Waals surface area contributed by atoms with E-state index >= 15 is 0 Å². The van der Waals surface area contributed by atoms with Crippen LogP contribution in [0, 0.1) is 0 Å². The van der Waals surface area contributed by atoms with Gasteiger partial charge in [0.15, 0.2) is 17.3 Å². The molecule has 3 amide bonds. The van der Waals surface area contributed by atoms with E-state index in [1.807, 2.05) is 6.07 Å². The second kappa shape index (κ2) is 9.58. The summed E-state index contributed by atoms with van der Waals surface area (Å²) in [5.41, 5.74) is 0.890. The number of hydrogen-bond acceptors (Lipinski definition) is 9. The molecule has 0 atom stereocenters. The molecule has 0 unspecified atom stereocenters. The van der Waals surface area contributed by atoms with Crippen LogP contribution in [-0.2, 0) is 16.0 Å². The minimum absolute atomic E-state index is 0.0582. The van der Waals surface area contributed by atoms with Gasteiger partial charge in [0.05, 0.1) is 6.20 Å². The molecule has 2 aromatic heterocycles.